The number of likely N-dealkylation sites (tertiary alicyclic amines) is 2. The van der Waals surface area contributed by atoms with Gasteiger partial charge in [-0.05, 0) is 45.2 Å². The highest BCUT2D eigenvalue weighted by Crippen LogP contribution is 2.20. The number of carbonyl (C=O) groups is 1. The van der Waals surface area contributed by atoms with E-state index in [0.717, 1.165) is 33.1 Å². The first-order valence-corrected chi connectivity index (χ1v) is 9.85. The molecule has 27 heavy (non-hydrogen) atoms. The Balaban J connectivity index is 1.86. The maximum Gasteiger partial charge on any atom is 0.406 e. The van der Waals surface area contributed by atoms with Crippen molar-refractivity contribution in [1.82, 2.24) is 20.0 Å². The highest BCUT2D eigenvalue weighted by atomic mass is 19.4. The Hall–Kier alpha value is -1.51. The zero-order chi connectivity index (χ0) is 19.9. The molecule has 1 N–H and O–H groups in total. The Morgan fingerprint density at radius 2 is 1.93 bits per heavy atom. The zero-order valence-corrected chi connectivity index (χ0v) is 16.4. The van der Waals surface area contributed by atoms with Gasteiger partial charge >= 0.3 is 6.18 Å². The van der Waals surface area contributed by atoms with Crippen molar-refractivity contribution in [2.45, 2.75) is 38.8 Å². The molecule has 0 bridgehead atoms. The Morgan fingerprint density at radius 3 is 2.56 bits per heavy atom. The van der Waals surface area contributed by atoms with Crippen molar-refractivity contribution in [3.8, 4) is 0 Å². The van der Waals surface area contributed by atoms with E-state index in [-0.39, 0.29) is 6.54 Å². The smallest absolute Gasteiger partial charge is 0.357 e. The van der Waals surface area contributed by atoms with E-state index in [9.17, 15) is 18.0 Å². The maximum absolute atomic E-state index is 12.4. The van der Waals surface area contributed by atoms with Crippen molar-refractivity contribution in [1.29, 1.82) is 0 Å². The topological polar surface area (TPSA) is 51.2 Å². The van der Waals surface area contributed by atoms with Crippen LogP contribution in [0.4, 0.5) is 13.2 Å². The van der Waals surface area contributed by atoms with Gasteiger partial charge in [-0.3, -0.25) is 4.79 Å². The third-order valence-corrected chi connectivity index (χ3v) is 5.09. The average molecular weight is 391 g/mol. The van der Waals surface area contributed by atoms with E-state index in [2.05, 4.69) is 20.1 Å². The van der Waals surface area contributed by atoms with Gasteiger partial charge in [0.2, 0.25) is 5.91 Å². The number of hydrogen-bond acceptors (Lipinski definition) is 3. The quantitative estimate of drug-likeness (QED) is 0.554. The molecule has 0 aliphatic carbocycles. The molecule has 1 amide bonds. The molecule has 0 spiro atoms. The van der Waals surface area contributed by atoms with E-state index in [1.54, 1.807) is 0 Å². The lowest BCUT2D eigenvalue weighted by atomic mass is 10.1. The fraction of sp³-hybridized carbons (Fsp3) is 0.889. The summed E-state index contributed by atoms with van der Waals surface area (Å²) in [7, 11) is 1.16. The number of amides is 1. The van der Waals surface area contributed by atoms with Crippen LogP contribution < -0.4 is 5.32 Å². The van der Waals surface area contributed by atoms with Gasteiger partial charge in [0.05, 0.1) is 0 Å². The Kier molecular flexibility index (Phi) is 8.19. The van der Waals surface area contributed by atoms with E-state index in [0.29, 0.717) is 23.3 Å². The van der Waals surface area contributed by atoms with Gasteiger partial charge in [0.1, 0.15) is 13.1 Å². The van der Waals surface area contributed by atoms with Crippen LogP contribution in [0.25, 0.3) is 0 Å². The molecule has 9 heteroatoms. The Morgan fingerprint density at radius 1 is 1.22 bits per heavy atom. The third-order valence-electron chi connectivity index (χ3n) is 5.09. The minimum atomic E-state index is -4.39. The lowest BCUT2D eigenvalue weighted by Crippen LogP contribution is -2.42. The van der Waals surface area contributed by atoms with Gasteiger partial charge in [0, 0.05) is 33.2 Å². The number of aliphatic imine (C=N–C) groups is 1. The van der Waals surface area contributed by atoms with Gasteiger partial charge in [-0.1, -0.05) is 6.42 Å². The lowest BCUT2D eigenvalue weighted by Gasteiger charge is -2.29. The van der Waals surface area contributed by atoms with Crippen LogP contribution in [0.5, 0.6) is 0 Å². The minimum Gasteiger partial charge on any atom is -0.357 e. The zero-order valence-electron chi connectivity index (χ0n) is 16.4. The molecule has 1 atom stereocenters. The van der Waals surface area contributed by atoms with Crippen LogP contribution in [0.2, 0.25) is 0 Å². The van der Waals surface area contributed by atoms with Gasteiger partial charge < -0.3 is 20.0 Å². The van der Waals surface area contributed by atoms with Crippen molar-refractivity contribution in [3.05, 3.63) is 0 Å². The Labute approximate surface area is 159 Å². The molecule has 2 rings (SSSR count). The number of guanidine groups is 1. The van der Waals surface area contributed by atoms with E-state index in [4.69, 9.17) is 0 Å². The summed E-state index contributed by atoms with van der Waals surface area (Å²) in [5.74, 6) is 0.551. The summed E-state index contributed by atoms with van der Waals surface area (Å²) < 4.78 is 37.2. The first-order chi connectivity index (χ1) is 12.8. The summed E-state index contributed by atoms with van der Waals surface area (Å²) in [6, 6.07) is 0. The molecule has 2 heterocycles. The molecule has 2 aliphatic heterocycles. The first-order valence-electron chi connectivity index (χ1n) is 9.85. The molecule has 2 aliphatic rings. The van der Waals surface area contributed by atoms with Gasteiger partial charge in [-0.25, -0.2) is 4.99 Å². The largest absolute Gasteiger partial charge is 0.406 e. The number of piperidine rings is 1. The molecule has 0 aromatic rings. The molecule has 2 fully saturated rings. The van der Waals surface area contributed by atoms with Crippen molar-refractivity contribution in [3.63, 3.8) is 0 Å². The molecule has 0 aromatic carbocycles. The molecule has 156 valence electrons. The normalized spacial score (nSPS) is 22.2. The van der Waals surface area contributed by atoms with Crippen LogP contribution in [-0.4, -0.2) is 92.1 Å². The monoisotopic (exact) mass is 391 g/mol. The van der Waals surface area contributed by atoms with E-state index in [1.807, 2.05) is 6.92 Å². The molecular weight excluding hydrogens is 359 g/mol. The van der Waals surface area contributed by atoms with Crippen LogP contribution in [0.1, 0.15) is 32.6 Å². The summed E-state index contributed by atoms with van der Waals surface area (Å²) in [6.45, 7) is 6.22. The predicted octanol–water partition coefficient (Wildman–Crippen LogP) is 1.78. The number of nitrogens with one attached hydrogen (secondary N) is 1. The van der Waals surface area contributed by atoms with E-state index >= 15 is 0 Å². The molecular formula is C18H32F3N5O. The SMILES string of the molecule is CCNC(=NCC(=O)N(C)CC(F)(F)F)N1CCC(CN2CCCCC2)C1. The molecule has 1 unspecified atom stereocenters. The highest BCUT2D eigenvalue weighted by molar-refractivity contribution is 5.85. The van der Waals surface area contributed by atoms with Gasteiger partial charge in [-0.15, -0.1) is 0 Å². The van der Waals surface area contributed by atoms with Crippen LogP contribution in [0.15, 0.2) is 4.99 Å². The van der Waals surface area contributed by atoms with E-state index < -0.39 is 18.6 Å². The number of rotatable bonds is 6. The first kappa shape index (κ1) is 21.8. The second kappa shape index (κ2) is 10.1. The van der Waals surface area contributed by atoms with Gasteiger partial charge in [-0.2, -0.15) is 13.2 Å². The molecule has 2 saturated heterocycles. The molecule has 0 saturated carbocycles. The van der Waals surface area contributed by atoms with Crippen molar-refractivity contribution < 1.29 is 18.0 Å². The van der Waals surface area contributed by atoms with Gasteiger partial charge in [0.15, 0.2) is 5.96 Å². The van der Waals surface area contributed by atoms with Crippen LogP contribution >= 0.6 is 0 Å². The second-order valence-corrected chi connectivity index (χ2v) is 7.50. The van der Waals surface area contributed by atoms with Crippen molar-refractivity contribution in [2.24, 2.45) is 10.9 Å². The lowest BCUT2D eigenvalue weighted by molar-refractivity contribution is -0.157. The molecule has 0 radical (unpaired) electrons. The van der Waals surface area contributed by atoms with Crippen molar-refractivity contribution in [2.75, 3.05) is 59.4 Å². The third kappa shape index (κ3) is 7.56. The maximum atomic E-state index is 12.4. The summed E-state index contributed by atoms with van der Waals surface area (Å²) in [6.07, 6.45) is 0.543. The number of carbonyl (C=O) groups excluding carboxylic acids is 1. The van der Waals surface area contributed by atoms with Crippen LogP contribution in [0.3, 0.4) is 0 Å². The van der Waals surface area contributed by atoms with Crippen LogP contribution in [0, 0.1) is 5.92 Å². The molecule has 6 nitrogen and oxygen atoms in total. The summed E-state index contributed by atoms with van der Waals surface area (Å²) >= 11 is 0. The number of halogens is 3. The number of likely N-dealkylation sites (N-methyl/N-ethyl adjacent to an activating group) is 1. The second-order valence-electron chi connectivity index (χ2n) is 7.50. The summed E-state index contributed by atoms with van der Waals surface area (Å²) in [4.78, 5) is 21.5. The summed E-state index contributed by atoms with van der Waals surface area (Å²) in [5, 5.41) is 3.16. The standard InChI is InChI=1S/C18H32F3N5O/c1-3-22-17(23-11-16(27)24(2)14-18(19,20)21)26-10-7-15(13-26)12-25-8-5-4-6-9-25/h15H,3-14H2,1-2H3,(H,22,23). The predicted molar refractivity (Wildman–Crippen MR) is 99.6 cm³/mol. The number of hydrogen-bond donors (Lipinski definition) is 1. The van der Waals surface area contributed by atoms with Crippen LogP contribution in [-0.2, 0) is 4.79 Å². The molecule has 0 aromatic heterocycles. The van der Waals surface area contributed by atoms with Crippen molar-refractivity contribution >= 4 is 11.9 Å². The Bertz CT molecular complexity index is 506. The van der Waals surface area contributed by atoms with Gasteiger partial charge in [0.25, 0.3) is 0 Å². The number of alkyl halides is 3. The highest BCUT2D eigenvalue weighted by Gasteiger charge is 2.31. The fourth-order valence-electron chi connectivity index (χ4n) is 3.73. The minimum absolute atomic E-state index is 0.276. The average Bonchev–Trinajstić information content (AvgIpc) is 3.06. The number of nitrogens with zero attached hydrogens (tertiary/aromatic N) is 4. The van der Waals surface area contributed by atoms with E-state index in [1.165, 1.54) is 32.4 Å². The summed E-state index contributed by atoms with van der Waals surface area (Å²) in [5.41, 5.74) is 0. The fourth-order valence-corrected chi connectivity index (χ4v) is 3.73.